The lowest BCUT2D eigenvalue weighted by atomic mass is 9.91. The van der Waals surface area contributed by atoms with E-state index in [4.69, 9.17) is 5.73 Å². The lowest BCUT2D eigenvalue weighted by Crippen LogP contribution is -2.44. The van der Waals surface area contributed by atoms with Crippen LogP contribution in [-0.2, 0) is 4.79 Å². The van der Waals surface area contributed by atoms with Gasteiger partial charge in [-0.05, 0) is 38.1 Å². The number of amides is 1. The number of carbonyl (C=O) groups excluding carboxylic acids is 1. The molecule has 1 fully saturated rings. The highest BCUT2D eigenvalue weighted by Crippen LogP contribution is 2.36. The van der Waals surface area contributed by atoms with Crippen LogP contribution in [0, 0.1) is 5.41 Å². The van der Waals surface area contributed by atoms with Crippen LogP contribution in [0.2, 0.25) is 0 Å². The van der Waals surface area contributed by atoms with Gasteiger partial charge in [0.15, 0.2) is 0 Å². The van der Waals surface area contributed by atoms with Crippen LogP contribution in [0.25, 0.3) is 0 Å². The van der Waals surface area contributed by atoms with Crippen molar-refractivity contribution in [2.24, 2.45) is 11.1 Å². The zero-order valence-electron chi connectivity index (χ0n) is 10.5. The predicted molar refractivity (Wildman–Crippen MR) is 70.8 cm³/mol. The van der Waals surface area contributed by atoms with Crippen LogP contribution in [0.5, 0.6) is 0 Å². The molecule has 1 aromatic rings. The van der Waals surface area contributed by atoms with E-state index in [1.807, 2.05) is 18.7 Å². The van der Waals surface area contributed by atoms with Gasteiger partial charge < -0.3 is 10.6 Å². The van der Waals surface area contributed by atoms with Crippen molar-refractivity contribution in [1.82, 2.24) is 4.90 Å². The molecule has 0 spiro atoms. The zero-order chi connectivity index (χ0) is 12.5. The Balaban J connectivity index is 2.18. The first-order chi connectivity index (χ1) is 8.06. The first kappa shape index (κ1) is 12.6. The number of nitrogens with two attached hydrogens (primary N) is 1. The summed E-state index contributed by atoms with van der Waals surface area (Å²) in [6, 6.07) is 4.44. The first-order valence-electron chi connectivity index (χ1n) is 6.11. The highest BCUT2D eigenvalue weighted by Gasteiger charge is 2.37. The molecule has 1 aromatic heterocycles. The molecule has 0 saturated carbocycles. The minimum Gasteiger partial charge on any atom is -0.334 e. The number of carbonyl (C=O) groups is 1. The average Bonchev–Trinajstić information content (AvgIpc) is 2.97. The second-order valence-corrected chi connectivity index (χ2v) is 6.24. The zero-order valence-corrected chi connectivity index (χ0v) is 11.3. The van der Waals surface area contributed by atoms with Crippen molar-refractivity contribution in [3.63, 3.8) is 0 Å². The number of thiophene rings is 1. The number of hydrogen-bond donors (Lipinski definition) is 1. The SMILES string of the molecule is CC(C)(CN)C(=O)N1CCCC1c1cccs1. The minimum absolute atomic E-state index is 0.191. The molecule has 1 amide bonds. The molecule has 94 valence electrons. The molecular formula is C13H20N2OS. The van der Waals surface area contributed by atoms with E-state index in [0.29, 0.717) is 6.54 Å². The molecule has 0 radical (unpaired) electrons. The summed E-state index contributed by atoms with van der Waals surface area (Å²) in [5.41, 5.74) is 5.25. The Morgan fingerprint density at radius 2 is 2.41 bits per heavy atom. The highest BCUT2D eigenvalue weighted by atomic mass is 32.1. The number of likely N-dealkylation sites (tertiary alicyclic amines) is 1. The van der Waals surface area contributed by atoms with E-state index in [1.165, 1.54) is 4.88 Å². The largest absolute Gasteiger partial charge is 0.334 e. The van der Waals surface area contributed by atoms with Crippen LogP contribution in [0.4, 0.5) is 0 Å². The highest BCUT2D eigenvalue weighted by molar-refractivity contribution is 7.10. The van der Waals surface area contributed by atoms with Gasteiger partial charge in [0.1, 0.15) is 0 Å². The van der Waals surface area contributed by atoms with Crippen LogP contribution in [0.3, 0.4) is 0 Å². The lowest BCUT2D eigenvalue weighted by Gasteiger charge is -2.32. The minimum atomic E-state index is -0.445. The summed E-state index contributed by atoms with van der Waals surface area (Å²) >= 11 is 1.73. The maximum absolute atomic E-state index is 12.5. The Labute approximate surface area is 107 Å². The van der Waals surface area contributed by atoms with E-state index in [9.17, 15) is 4.79 Å². The van der Waals surface area contributed by atoms with E-state index in [0.717, 1.165) is 19.4 Å². The topological polar surface area (TPSA) is 46.3 Å². The van der Waals surface area contributed by atoms with Crippen molar-refractivity contribution in [2.45, 2.75) is 32.7 Å². The van der Waals surface area contributed by atoms with Crippen molar-refractivity contribution in [3.8, 4) is 0 Å². The van der Waals surface area contributed by atoms with E-state index >= 15 is 0 Å². The third-order valence-corrected chi connectivity index (χ3v) is 4.45. The monoisotopic (exact) mass is 252 g/mol. The lowest BCUT2D eigenvalue weighted by molar-refractivity contribution is -0.140. The summed E-state index contributed by atoms with van der Waals surface area (Å²) in [5, 5.41) is 2.07. The second-order valence-electron chi connectivity index (χ2n) is 5.26. The molecule has 3 nitrogen and oxygen atoms in total. The fraction of sp³-hybridized carbons (Fsp3) is 0.615. The van der Waals surface area contributed by atoms with Gasteiger partial charge in [0, 0.05) is 18.0 Å². The van der Waals surface area contributed by atoms with Crippen molar-refractivity contribution in [3.05, 3.63) is 22.4 Å². The van der Waals surface area contributed by atoms with Gasteiger partial charge in [-0.1, -0.05) is 6.07 Å². The number of nitrogens with zero attached hydrogens (tertiary/aromatic N) is 1. The molecule has 1 saturated heterocycles. The fourth-order valence-corrected chi connectivity index (χ4v) is 3.14. The quantitative estimate of drug-likeness (QED) is 0.898. The molecule has 0 aliphatic carbocycles. The van der Waals surface area contributed by atoms with E-state index in [1.54, 1.807) is 11.3 Å². The molecular weight excluding hydrogens is 232 g/mol. The van der Waals surface area contributed by atoms with Crippen LogP contribution in [0.1, 0.15) is 37.6 Å². The molecule has 0 bridgehead atoms. The predicted octanol–water partition coefficient (Wildman–Crippen LogP) is 2.40. The number of rotatable bonds is 3. The summed E-state index contributed by atoms with van der Waals surface area (Å²) in [6.45, 7) is 5.13. The van der Waals surface area contributed by atoms with Gasteiger partial charge in [0.05, 0.1) is 11.5 Å². The average molecular weight is 252 g/mol. The Morgan fingerprint density at radius 1 is 1.65 bits per heavy atom. The molecule has 2 rings (SSSR count). The molecule has 1 unspecified atom stereocenters. The third kappa shape index (κ3) is 2.38. The molecule has 4 heteroatoms. The fourth-order valence-electron chi connectivity index (χ4n) is 2.26. The van der Waals surface area contributed by atoms with Gasteiger partial charge in [-0.2, -0.15) is 0 Å². The van der Waals surface area contributed by atoms with E-state index < -0.39 is 5.41 Å². The van der Waals surface area contributed by atoms with Crippen molar-refractivity contribution in [1.29, 1.82) is 0 Å². The smallest absolute Gasteiger partial charge is 0.230 e. The first-order valence-corrected chi connectivity index (χ1v) is 6.99. The van der Waals surface area contributed by atoms with E-state index in [2.05, 4.69) is 17.5 Å². The number of hydrogen-bond acceptors (Lipinski definition) is 3. The molecule has 2 heterocycles. The van der Waals surface area contributed by atoms with E-state index in [-0.39, 0.29) is 11.9 Å². The summed E-state index contributed by atoms with van der Waals surface area (Å²) in [7, 11) is 0. The molecule has 1 aliphatic heterocycles. The third-order valence-electron chi connectivity index (χ3n) is 3.47. The maximum atomic E-state index is 12.5. The molecule has 0 aromatic carbocycles. The Hall–Kier alpha value is -0.870. The standard InChI is InChI=1S/C13H20N2OS/c1-13(2,9-14)12(16)15-7-3-5-10(15)11-6-4-8-17-11/h4,6,8,10H,3,5,7,9,14H2,1-2H3. The molecule has 17 heavy (non-hydrogen) atoms. The van der Waals surface area contributed by atoms with Crippen molar-refractivity contribution < 1.29 is 4.79 Å². The second kappa shape index (κ2) is 4.78. The molecule has 2 N–H and O–H groups in total. The van der Waals surface area contributed by atoms with Gasteiger partial charge in [-0.3, -0.25) is 4.79 Å². The van der Waals surface area contributed by atoms with Gasteiger partial charge in [0.2, 0.25) is 5.91 Å². The van der Waals surface area contributed by atoms with Crippen molar-refractivity contribution >= 4 is 17.2 Å². The molecule has 1 atom stereocenters. The van der Waals surface area contributed by atoms with Crippen LogP contribution in [-0.4, -0.2) is 23.9 Å². The van der Waals surface area contributed by atoms with Crippen LogP contribution >= 0.6 is 11.3 Å². The summed E-state index contributed by atoms with van der Waals surface area (Å²) < 4.78 is 0. The van der Waals surface area contributed by atoms with Gasteiger partial charge >= 0.3 is 0 Å². The summed E-state index contributed by atoms with van der Waals surface area (Å²) in [5.74, 6) is 0.191. The van der Waals surface area contributed by atoms with Gasteiger partial charge in [-0.25, -0.2) is 0 Å². The van der Waals surface area contributed by atoms with Gasteiger partial charge in [0.25, 0.3) is 0 Å². The van der Waals surface area contributed by atoms with Crippen LogP contribution in [0.15, 0.2) is 17.5 Å². The normalized spacial score (nSPS) is 20.9. The summed E-state index contributed by atoms with van der Waals surface area (Å²) in [6.07, 6.45) is 2.17. The Kier molecular flexibility index (Phi) is 3.54. The van der Waals surface area contributed by atoms with Crippen LogP contribution < -0.4 is 5.73 Å². The molecule has 1 aliphatic rings. The Bertz CT molecular complexity index is 386. The summed E-state index contributed by atoms with van der Waals surface area (Å²) in [4.78, 5) is 15.8. The Morgan fingerprint density at radius 3 is 3.00 bits per heavy atom. The maximum Gasteiger partial charge on any atom is 0.230 e. The van der Waals surface area contributed by atoms with Gasteiger partial charge in [-0.15, -0.1) is 11.3 Å². The van der Waals surface area contributed by atoms with Crippen molar-refractivity contribution in [2.75, 3.05) is 13.1 Å².